The van der Waals surface area contributed by atoms with Crippen molar-refractivity contribution in [1.29, 1.82) is 0 Å². The maximum atomic E-state index is 13.4. The van der Waals surface area contributed by atoms with E-state index in [-0.39, 0.29) is 35.1 Å². The maximum absolute atomic E-state index is 13.4. The van der Waals surface area contributed by atoms with Crippen LogP contribution in [0.4, 0.5) is 39.5 Å². The number of aryl methyl sites for hydroxylation is 2. The molecule has 0 atom stereocenters. The number of carbonyl (C=O) groups excluding carboxylic acids is 1. The average molecular weight is 628 g/mol. The van der Waals surface area contributed by atoms with Crippen LogP contribution in [-0.4, -0.2) is 25.0 Å². The van der Waals surface area contributed by atoms with Crippen molar-refractivity contribution in [3.63, 3.8) is 0 Å². The summed E-state index contributed by atoms with van der Waals surface area (Å²) in [6.45, 7) is -0.329. The Kier molecular flexibility index (Phi) is 7.64. The molecule has 1 amide bonds. The molecule has 0 bridgehead atoms. The summed E-state index contributed by atoms with van der Waals surface area (Å²) in [7, 11) is 2.54. The minimum absolute atomic E-state index is 0.0929. The van der Waals surface area contributed by atoms with Gasteiger partial charge >= 0.3 is 18.5 Å². The van der Waals surface area contributed by atoms with Crippen molar-refractivity contribution in [3.8, 4) is 0 Å². The molecule has 232 valence electrons. The lowest BCUT2D eigenvalue weighted by Crippen LogP contribution is -2.42. The molecule has 1 N–H and O–H groups in total. The SMILES string of the molecule is Cn1c(C(F)(F)F)cc2cc(CNN(Cc3ccc4c(c3)cc(C(F)(F)F)n4C)C(=O)c3ccc(C(F)(F)F)cn3)ccc21. The molecule has 15 heteroatoms. The molecule has 6 nitrogen and oxygen atoms in total. The predicted molar refractivity (Wildman–Crippen MR) is 142 cm³/mol. The Bertz CT molecular complexity index is 1850. The van der Waals surface area contributed by atoms with Crippen molar-refractivity contribution >= 4 is 27.7 Å². The van der Waals surface area contributed by atoms with Gasteiger partial charge in [0.25, 0.3) is 5.91 Å². The van der Waals surface area contributed by atoms with Crippen LogP contribution in [0.2, 0.25) is 0 Å². The van der Waals surface area contributed by atoms with Gasteiger partial charge in [-0.15, -0.1) is 0 Å². The van der Waals surface area contributed by atoms with Crippen molar-refractivity contribution in [2.75, 3.05) is 0 Å². The van der Waals surface area contributed by atoms with Crippen molar-refractivity contribution in [1.82, 2.24) is 24.6 Å². The minimum atomic E-state index is -4.69. The van der Waals surface area contributed by atoms with E-state index >= 15 is 0 Å². The fraction of sp³-hybridized carbons (Fsp3) is 0.241. The minimum Gasteiger partial charge on any atom is -0.340 e. The molecule has 0 unspecified atom stereocenters. The second-order valence-corrected chi connectivity index (χ2v) is 10.1. The number of pyridine rings is 1. The molecule has 3 heterocycles. The van der Waals surface area contributed by atoms with Gasteiger partial charge in [0.05, 0.1) is 12.1 Å². The summed E-state index contributed by atoms with van der Waals surface area (Å²) in [5.41, 5.74) is 1.15. The van der Waals surface area contributed by atoms with E-state index in [1.165, 1.54) is 44.4 Å². The summed E-state index contributed by atoms with van der Waals surface area (Å²) >= 11 is 0. The van der Waals surface area contributed by atoms with Crippen molar-refractivity contribution in [2.45, 2.75) is 31.6 Å². The standard InChI is InChI=1S/C29H22F9N5O/c1-41-22-7-3-16(9-18(22)11-24(41)28(33,34)35)13-40-43(26(44)21-6-5-20(14-39-21)27(30,31)32)15-17-4-8-23-19(10-17)12-25(42(23)2)29(36,37)38/h3-12,14,40H,13,15H2,1-2H3. The van der Waals surface area contributed by atoms with Crippen LogP contribution in [0.25, 0.3) is 21.8 Å². The molecular formula is C29H22F9N5O. The normalized spacial score (nSPS) is 12.8. The third-order valence-electron chi connectivity index (χ3n) is 7.16. The van der Waals surface area contributed by atoms with Crippen LogP contribution in [-0.2, 0) is 45.7 Å². The number of nitrogens with one attached hydrogen (secondary N) is 1. The molecule has 0 saturated heterocycles. The van der Waals surface area contributed by atoms with Gasteiger partial charge in [0.1, 0.15) is 17.1 Å². The number of benzene rings is 2. The fourth-order valence-corrected chi connectivity index (χ4v) is 4.95. The molecule has 3 aromatic heterocycles. The zero-order valence-corrected chi connectivity index (χ0v) is 22.9. The second kappa shape index (κ2) is 10.9. The molecule has 2 aromatic carbocycles. The van der Waals surface area contributed by atoms with E-state index in [4.69, 9.17) is 0 Å². The predicted octanol–water partition coefficient (Wildman–Crippen LogP) is 7.47. The highest BCUT2D eigenvalue weighted by molar-refractivity contribution is 5.92. The average Bonchev–Trinajstić information content (AvgIpc) is 3.46. The molecule has 0 aliphatic rings. The molecule has 0 radical (unpaired) electrons. The number of halogens is 9. The number of hydrogen-bond acceptors (Lipinski definition) is 3. The summed E-state index contributed by atoms with van der Waals surface area (Å²) < 4.78 is 121. The van der Waals surface area contributed by atoms with E-state index in [0.29, 0.717) is 28.9 Å². The Hall–Kier alpha value is -4.53. The van der Waals surface area contributed by atoms with Gasteiger partial charge in [0.2, 0.25) is 0 Å². The number of fused-ring (bicyclic) bond motifs is 2. The van der Waals surface area contributed by atoms with Crippen molar-refractivity contribution in [2.24, 2.45) is 14.1 Å². The Morgan fingerprint density at radius 2 is 1.25 bits per heavy atom. The van der Waals surface area contributed by atoms with Crippen LogP contribution in [0, 0.1) is 0 Å². The first kappa shape index (κ1) is 30.9. The van der Waals surface area contributed by atoms with Crippen LogP contribution in [0.3, 0.4) is 0 Å². The van der Waals surface area contributed by atoms with Crippen molar-refractivity contribution in [3.05, 3.63) is 101 Å². The Balaban J connectivity index is 1.45. The number of alkyl halides is 9. The molecule has 5 aromatic rings. The summed E-state index contributed by atoms with van der Waals surface area (Å²) in [5.74, 6) is -0.844. The second-order valence-electron chi connectivity index (χ2n) is 10.1. The Morgan fingerprint density at radius 1 is 0.727 bits per heavy atom. The molecule has 0 spiro atoms. The molecule has 44 heavy (non-hydrogen) atoms. The van der Waals surface area contributed by atoms with Crippen LogP contribution in [0.15, 0.2) is 66.9 Å². The number of rotatable bonds is 6. The van der Waals surface area contributed by atoms with Crippen LogP contribution in [0.1, 0.15) is 38.6 Å². The summed E-state index contributed by atoms with van der Waals surface area (Å²) in [5, 5.41) is 1.56. The highest BCUT2D eigenvalue weighted by atomic mass is 19.4. The zero-order chi connectivity index (χ0) is 32.2. The molecule has 5 rings (SSSR count). The van der Waals surface area contributed by atoms with E-state index in [2.05, 4.69) is 10.4 Å². The van der Waals surface area contributed by atoms with E-state index in [1.54, 1.807) is 6.07 Å². The number of aromatic nitrogens is 3. The number of hydrogen-bond donors (Lipinski definition) is 1. The van der Waals surface area contributed by atoms with Gasteiger partial charge in [-0.25, -0.2) is 5.43 Å². The number of nitrogens with zero attached hydrogens (tertiary/aromatic N) is 4. The lowest BCUT2D eigenvalue weighted by atomic mass is 10.1. The number of hydrazine groups is 1. The van der Waals surface area contributed by atoms with E-state index in [1.807, 2.05) is 0 Å². The zero-order valence-electron chi connectivity index (χ0n) is 22.9. The molecule has 0 saturated carbocycles. The third-order valence-corrected chi connectivity index (χ3v) is 7.16. The monoisotopic (exact) mass is 627 g/mol. The van der Waals surface area contributed by atoms with Gasteiger partial charge in [0, 0.05) is 48.6 Å². The Labute approximate surface area is 243 Å². The molecule has 0 aliphatic carbocycles. The lowest BCUT2D eigenvalue weighted by molar-refractivity contribution is -0.143. The molecule has 0 aliphatic heterocycles. The lowest BCUT2D eigenvalue weighted by Gasteiger charge is -2.24. The summed E-state index contributed by atoms with van der Waals surface area (Å²) in [6, 6.07) is 12.4. The summed E-state index contributed by atoms with van der Waals surface area (Å²) in [4.78, 5) is 17.0. The largest absolute Gasteiger partial charge is 0.431 e. The van der Waals surface area contributed by atoms with E-state index in [0.717, 1.165) is 32.3 Å². The van der Waals surface area contributed by atoms with Gasteiger partial charge in [-0.2, -0.15) is 39.5 Å². The first-order chi connectivity index (χ1) is 20.4. The highest BCUT2D eigenvalue weighted by Gasteiger charge is 2.35. The quantitative estimate of drug-likeness (QED) is 0.157. The number of carbonyl (C=O) groups is 1. The molecular weight excluding hydrogens is 605 g/mol. The first-order valence-corrected chi connectivity index (χ1v) is 12.8. The number of amides is 1. The third kappa shape index (κ3) is 6.09. The van der Waals surface area contributed by atoms with Crippen molar-refractivity contribution < 1.29 is 44.3 Å². The van der Waals surface area contributed by atoms with Gasteiger partial charge < -0.3 is 9.13 Å². The van der Waals surface area contributed by atoms with E-state index < -0.39 is 41.4 Å². The van der Waals surface area contributed by atoms with Gasteiger partial charge in [0.15, 0.2) is 0 Å². The van der Waals surface area contributed by atoms with Crippen LogP contribution < -0.4 is 5.43 Å². The van der Waals surface area contributed by atoms with Crippen LogP contribution in [0.5, 0.6) is 0 Å². The maximum Gasteiger partial charge on any atom is 0.431 e. The fourth-order valence-electron chi connectivity index (χ4n) is 4.95. The van der Waals surface area contributed by atoms with Gasteiger partial charge in [-0.05, 0) is 59.7 Å². The van der Waals surface area contributed by atoms with Gasteiger partial charge in [-0.1, -0.05) is 12.1 Å². The topological polar surface area (TPSA) is 55.1 Å². The van der Waals surface area contributed by atoms with Crippen LogP contribution >= 0.6 is 0 Å². The Morgan fingerprint density at radius 3 is 1.73 bits per heavy atom. The molecule has 0 fully saturated rings. The highest BCUT2D eigenvalue weighted by Crippen LogP contribution is 2.35. The smallest absolute Gasteiger partial charge is 0.340 e. The van der Waals surface area contributed by atoms with Gasteiger partial charge in [-0.3, -0.25) is 14.8 Å². The van der Waals surface area contributed by atoms with E-state index in [9.17, 15) is 44.3 Å². The first-order valence-electron chi connectivity index (χ1n) is 12.8. The summed E-state index contributed by atoms with van der Waals surface area (Å²) in [6.07, 6.45) is -13.4.